The van der Waals surface area contributed by atoms with Crippen LogP contribution >= 0.6 is 11.8 Å². The molecule has 0 heterocycles. The van der Waals surface area contributed by atoms with Crippen LogP contribution in [-0.2, 0) is 20.7 Å². The summed E-state index contributed by atoms with van der Waals surface area (Å²) in [5.74, 6) is -0.936. The predicted molar refractivity (Wildman–Crippen MR) is 161 cm³/mol. The van der Waals surface area contributed by atoms with E-state index in [2.05, 4.69) is 5.32 Å². The zero-order chi connectivity index (χ0) is 31.0. The highest BCUT2D eigenvalue weighted by atomic mass is 32.2. The van der Waals surface area contributed by atoms with Crippen LogP contribution in [0.5, 0.6) is 5.75 Å². The molecule has 1 aliphatic rings. The summed E-state index contributed by atoms with van der Waals surface area (Å²) in [7, 11) is -0.395. The monoisotopic (exact) mass is 594 g/mol. The molecule has 0 aliphatic heterocycles. The number of carbonyl (C=O) groups excluding carboxylic acids is 3. The van der Waals surface area contributed by atoms with E-state index in [0.29, 0.717) is 11.4 Å². The molecule has 2 amide bonds. The van der Waals surface area contributed by atoms with Gasteiger partial charge in [-0.1, -0.05) is 12.1 Å². The van der Waals surface area contributed by atoms with Crippen LogP contribution in [0.25, 0.3) is 0 Å². The molecule has 0 saturated heterocycles. The Morgan fingerprint density at radius 2 is 1.66 bits per heavy atom. The Bertz CT molecular complexity index is 1030. The first-order valence-corrected chi connectivity index (χ1v) is 15.5. The first-order valence-electron chi connectivity index (χ1n) is 14.1. The average molecular weight is 595 g/mol. The van der Waals surface area contributed by atoms with Crippen LogP contribution in [0.2, 0.25) is 0 Å². The van der Waals surface area contributed by atoms with Crippen molar-refractivity contribution in [2.24, 2.45) is 5.92 Å². The highest BCUT2D eigenvalue weighted by Gasteiger charge is 2.33. The van der Waals surface area contributed by atoms with Crippen molar-refractivity contribution in [2.75, 3.05) is 19.2 Å². The van der Waals surface area contributed by atoms with Gasteiger partial charge >= 0.3 is 19.2 Å². The normalized spacial score (nSPS) is 18.2. The van der Waals surface area contributed by atoms with E-state index in [1.807, 2.05) is 27.0 Å². The van der Waals surface area contributed by atoms with Crippen LogP contribution < -0.4 is 10.1 Å². The summed E-state index contributed by atoms with van der Waals surface area (Å²) >= 11 is 1.57. The van der Waals surface area contributed by atoms with Gasteiger partial charge in [-0.05, 0) is 97.5 Å². The Morgan fingerprint density at radius 3 is 2.17 bits per heavy atom. The molecule has 0 bridgehead atoms. The van der Waals surface area contributed by atoms with Gasteiger partial charge in [-0.2, -0.15) is 0 Å². The molecule has 3 N–H and O–H groups in total. The van der Waals surface area contributed by atoms with Crippen molar-refractivity contribution in [1.82, 2.24) is 10.2 Å². The van der Waals surface area contributed by atoms with Crippen molar-refractivity contribution < 1.29 is 38.6 Å². The maximum absolute atomic E-state index is 13.0. The Kier molecular flexibility index (Phi) is 12.9. The quantitative estimate of drug-likeness (QED) is 0.196. The van der Waals surface area contributed by atoms with Crippen LogP contribution in [0, 0.1) is 5.92 Å². The lowest BCUT2D eigenvalue weighted by atomic mass is 9.75. The minimum atomic E-state index is -1.82. The van der Waals surface area contributed by atoms with Gasteiger partial charge in [-0.15, -0.1) is 11.8 Å². The molecular weight excluding hydrogens is 547 g/mol. The van der Waals surface area contributed by atoms with E-state index in [-0.39, 0.29) is 48.1 Å². The molecule has 230 valence electrons. The second-order valence-corrected chi connectivity index (χ2v) is 13.4. The zero-order valence-electron chi connectivity index (χ0n) is 25.7. The highest BCUT2D eigenvalue weighted by Crippen LogP contribution is 2.32. The van der Waals surface area contributed by atoms with E-state index in [1.54, 1.807) is 55.6 Å². The van der Waals surface area contributed by atoms with Gasteiger partial charge in [0.15, 0.2) is 0 Å². The molecule has 12 heteroatoms. The maximum Gasteiger partial charge on any atom is 0.475 e. The third-order valence-electron chi connectivity index (χ3n) is 6.69. The summed E-state index contributed by atoms with van der Waals surface area (Å²) in [6.07, 6.45) is 4.96. The third kappa shape index (κ3) is 11.4. The second kappa shape index (κ2) is 15.2. The number of thioether (sulfide) groups is 1. The fourth-order valence-electron chi connectivity index (χ4n) is 4.90. The Hall–Kier alpha value is -2.44. The minimum Gasteiger partial charge on any atom is -0.496 e. The van der Waals surface area contributed by atoms with E-state index in [0.717, 1.165) is 25.7 Å². The number of benzene rings is 1. The Labute approximate surface area is 249 Å². The number of ether oxygens (including phenoxy) is 3. The van der Waals surface area contributed by atoms with Crippen molar-refractivity contribution in [3.05, 3.63) is 29.3 Å². The van der Waals surface area contributed by atoms with Gasteiger partial charge < -0.3 is 29.6 Å². The lowest BCUT2D eigenvalue weighted by Gasteiger charge is -2.37. The van der Waals surface area contributed by atoms with Gasteiger partial charge in [-0.3, -0.25) is 9.69 Å². The first kappa shape index (κ1) is 34.8. The zero-order valence-corrected chi connectivity index (χ0v) is 26.5. The SMILES string of the molecule is COc1c(CC(NC(=O)CC2CCC(N(CSC)C(=O)OC(C)(C)C)CC2)B(O)O)cccc1C(=O)OC(C)(C)C. The van der Waals surface area contributed by atoms with Crippen molar-refractivity contribution in [3.8, 4) is 5.75 Å². The smallest absolute Gasteiger partial charge is 0.475 e. The standard InChI is InChI=1S/C29H47BN2O8S/c1-28(2,3)39-26(34)22-11-9-10-20(25(22)38-7)17-23(30(36)37)31-24(33)16-19-12-14-21(15-13-19)32(18-41-8)27(35)40-29(4,5)6/h9-11,19,21,23,36-37H,12-18H2,1-8H3,(H,31,33). The van der Waals surface area contributed by atoms with Gasteiger partial charge in [0, 0.05) is 12.5 Å². The van der Waals surface area contributed by atoms with Gasteiger partial charge in [0.05, 0.1) is 18.9 Å². The molecule has 1 saturated carbocycles. The molecule has 2 rings (SSSR count). The first-order chi connectivity index (χ1) is 19.0. The minimum absolute atomic E-state index is 0.0372. The summed E-state index contributed by atoms with van der Waals surface area (Å²) in [6, 6.07) is 5.00. The number of nitrogens with zero attached hydrogens (tertiary/aromatic N) is 1. The molecule has 0 spiro atoms. The number of esters is 1. The van der Waals surface area contributed by atoms with E-state index >= 15 is 0 Å². The van der Waals surface area contributed by atoms with Crippen molar-refractivity contribution in [1.29, 1.82) is 0 Å². The van der Waals surface area contributed by atoms with Crippen molar-refractivity contribution in [2.45, 2.75) is 103 Å². The summed E-state index contributed by atoms with van der Waals surface area (Å²) < 4.78 is 16.6. The van der Waals surface area contributed by atoms with Crippen molar-refractivity contribution >= 4 is 36.9 Å². The van der Waals surface area contributed by atoms with Crippen LogP contribution in [0.15, 0.2) is 18.2 Å². The number of carbonyl (C=O) groups is 3. The van der Waals surface area contributed by atoms with Gasteiger partial charge in [0.1, 0.15) is 22.5 Å². The summed E-state index contributed by atoms with van der Waals surface area (Å²) in [6.45, 7) is 10.8. The molecule has 41 heavy (non-hydrogen) atoms. The van der Waals surface area contributed by atoms with E-state index in [4.69, 9.17) is 14.2 Å². The molecule has 1 fully saturated rings. The number of rotatable bonds is 11. The fourth-order valence-corrected chi connectivity index (χ4v) is 5.50. The van der Waals surface area contributed by atoms with E-state index in [9.17, 15) is 24.4 Å². The lowest BCUT2D eigenvalue weighted by Crippen LogP contribution is -2.48. The van der Waals surface area contributed by atoms with E-state index < -0.39 is 30.2 Å². The second-order valence-electron chi connectivity index (χ2n) is 12.5. The molecule has 1 aromatic carbocycles. The van der Waals surface area contributed by atoms with Gasteiger partial charge in [-0.25, -0.2) is 9.59 Å². The molecule has 0 aromatic heterocycles. The molecule has 1 atom stereocenters. The van der Waals surface area contributed by atoms with Crippen LogP contribution in [0.4, 0.5) is 4.79 Å². The number of methoxy groups -OCH3 is 1. The average Bonchev–Trinajstić information content (AvgIpc) is 2.85. The fraction of sp³-hybridized carbons (Fsp3) is 0.690. The third-order valence-corrected chi connectivity index (χ3v) is 7.23. The lowest BCUT2D eigenvalue weighted by molar-refractivity contribution is -0.122. The number of hydrogen-bond donors (Lipinski definition) is 3. The summed E-state index contributed by atoms with van der Waals surface area (Å²) in [5, 5.41) is 22.9. The molecule has 0 radical (unpaired) electrons. The Balaban J connectivity index is 2.02. The molecule has 1 aliphatic carbocycles. The van der Waals surface area contributed by atoms with Crippen LogP contribution in [-0.4, -0.2) is 82.5 Å². The Morgan fingerprint density at radius 1 is 1.05 bits per heavy atom. The topological polar surface area (TPSA) is 135 Å². The number of hydrogen-bond acceptors (Lipinski definition) is 9. The largest absolute Gasteiger partial charge is 0.496 e. The van der Waals surface area contributed by atoms with Crippen molar-refractivity contribution in [3.63, 3.8) is 0 Å². The van der Waals surface area contributed by atoms with E-state index in [1.165, 1.54) is 7.11 Å². The maximum atomic E-state index is 13.0. The highest BCUT2D eigenvalue weighted by molar-refractivity contribution is 7.98. The summed E-state index contributed by atoms with van der Waals surface area (Å²) in [5.41, 5.74) is -0.516. The molecular formula is C29H47BN2O8S. The van der Waals surface area contributed by atoms with Crippen LogP contribution in [0.1, 0.15) is 89.6 Å². The predicted octanol–water partition coefficient (Wildman–Crippen LogP) is 4.20. The number of para-hydroxylation sites is 1. The summed E-state index contributed by atoms with van der Waals surface area (Å²) in [4.78, 5) is 40.2. The molecule has 1 aromatic rings. The van der Waals surface area contributed by atoms with Crippen LogP contribution in [0.3, 0.4) is 0 Å². The van der Waals surface area contributed by atoms with Gasteiger partial charge in [0.25, 0.3) is 0 Å². The number of nitrogens with one attached hydrogen (secondary N) is 1. The number of amides is 2. The van der Waals surface area contributed by atoms with Gasteiger partial charge in [0.2, 0.25) is 5.91 Å². The molecule has 1 unspecified atom stereocenters. The molecule has 10 nitrogen and oxygen atoms in total.